The number of carbonyl (C=O) groups is 4. The summed E-state index contributed by atoms with van der Waals surface area (Å²) in [6.07, 6.45) is 0. The Morgan fingerprint density at radius 2 is 0.923 bits per heavy atom. The quantitative estimate of drug-likeness (QED) is 0.313. The first-order valence-corrected chi connectivity index (χ1v) is 8.78. The summed E-state index contributed by atoms with van der Waals surface area (Å²) >= 11 is 0. The minimum absolute atomic E-state index is 0.00939. The van der Waals surface area contributed by atoms with Crippen molar-refractivity contribution in [2.75, 3.05) is 52.5 Å². The molecule has 26 heavy (non-hydrogen) atoms. The molecule has 0 rings (SSSR count). The summed E-state index contributed by atoms with van der Waals surface area (Å²) in [6.45, 7) is 14.8. The van der Waals surface area contributed by atoms with Crippen LogP contribution in [-0.4, -0.2) is 90.3 Å². The van der Waals surface area contributed by atoms with Gasteiger partial charge in [-0.25, -0.2) is 0 Å². The minimum Gasteiger partial charge on any atom is -0.299 e. The van der Waals surface area contributed by atoms with E-state index < -0.39 is 0 Å². The molecular formula is C19H33N3O4. The van der Waals surface area contributed by atoms with Crippen molar-refractivity contribution in [1.29, 1.82) is 0 Å². The Balaban J connectivity index is 4.99. The molecule has 0 atom stereocenters. The molecule has 0 aliphatic carbocycles. The average Bonchev–Trinajstić information content (AvgIpc) is 2.40. The molecular weight excluding hydrogens is 334 g/mol. The number of carbonyl (C=O) groups excluding carboxylic acids is 4. The van der Waals surface area contributed by atoms with E-state index >= 15 is 0 Å². The van der Waals surface area contributed by atoms with Crippen LogP contribution in [-0.2, 0) is 19.2 Å². The number of rotatable bonds is 15. The molecule has 0 aliphatic rings. The fourth-order valence-corrected chi connectivity index (χ4v) is 2.78. The molecule has 7 nitrogen and oxygen atoms in total. The Labute approximate surface area is 157 Å². The van der Waals surface area contributed by atoms with Gasteiger partial charge in [0, 0.05) is 19.6 Å². The molecule has 0 saturated heterocycles. The van der Waals surface area contributed by atoms with Gasteiger partial charge in [0.25, 0.3) is 0 Å². The largest absolute Gasteiger partial charge is 0.299 e. The first kappa shape index (κ1) is 24.3. The van der Waals surface area contributed by atoms with Crippen molar-refractivity contribution >= 4 is 23.1 Å². The van der Waals surface area contributed by atoms with Crippen molar-refractivity contribution in [3.05, 3.63) is 12.2 Å². The van der Waals surface area contributed by atoms with Crippen LogP contribution < -0.4 is 0 Å². The van der Waals surface area contributed by atoms with Gasteiger partial charge in [0.2, 0.25) is 0 Å². The van der Waals surface area contributed by atoms with Crippen molar-refractivity contribution in [3.63, 3.8) is 0 Å². The highest BCUT2D eigenvalue weighted by Gasteiger charge is 2.17. The van der Waals surface area contributed by atoms with Crippen LogP contribution in [0.15, 0.2) is 12.2 Å². The summed E-state index contributed by atoms with van der Waals surface area (Å²) in [4.78, 5) is 51.6. The lowest BCUT2D eigenvalue weighted by Gasteiger charge is -2.31. The standard InChI is InChI=1S/C19H33N3O4/c1-15(2)9-22(13-19(6)26)14-21(12-18(5)25)8-7-20(10-16(3)23)11-17(4)24/h1,7-14H2,2-6H3. The van der Waals surface area contributed by atoms with Crippen LogP contribution in [0.3, 0.4) is 0 Å². The third-order valence-corrected chi connectivity index (χ3v) is 3.41. The van der Waals surface area contributed by atoms with Crippen LogP contribution >= 0.6 is 0 Å². The number of hydrogen-bond donors (Lipinski definition) is 0. The second-order valence-electron chi connectivity index (χ2n) is 7.16. The summed E-state index contributed by atoms with van der Waals surface area (Å²) < 4.78 is 0. The van der Waals surface area contributed by atoms with Crippen molar-refractivity contribution in [3.8, 4) is 0 Å². The van der Waals surface area contributed by atoms with E-state index in [4.69, 9.17) is 0 Å². The molecule has 0 N–H and O–H groups in total. The molecule has 148 valence electrons. The molecule has 0 aliphatic heterocycles. The summed E-state index contributed by atoms with van der Waals surface area (Å²) in [5.41, 5.74) is 0.934. The summed E-state index contributed by atoms with van der Waals surface area (Å²) in [5.74, 6) is 0.0475. The molecule has 0 aromatic heterocycles. The zero-order valence-electron chi connectivity index (χ0n) is 16.8. The van der Waals surface area contributed by atoms with E-state index in [1.54, 1.807) is 4.90 Å². The summed E-state index contributed by atoms with van der Waals surface area (Å²) in [7, 11) is 0. The van der Waals surface area contributed by atoms with Crippen LogP contribution in [0.5, 0.6) is 0 Å². The predicted molar refractivity (Wildman–Crippen MR) is 102 cm³/mol. The number of ketones is 4. The maximum absolute atomic E-state index is 11.6. The summed E-state index contributed by atoms with van der Waals surface area (Å²) in [6, 6.07) is 0. The number of hydrogen-bond acceptors (Lipinski definition) is 7. The van der Waals surface area contributed by atoms with Crippen LogP contribution in [0.25, 0.3) is 0 Å². The lowest BCUT2D eigenvalue weighted by molar-refractivity contribution is -0.123. The van der Waals surface area contributed by atoms with E-state index in [-0.39, 0.29) is 49.3 Å². The van der Waals surface area contributed by atoms with Crippen molar-refractivity contribution < 1.29 is 19.2 Å². The lowest BCUT2D eigenvalue weighted by atomic mass is 10.3. The van der Waals surface area contributed by atoms with E-state index in [1.165, 1.54) is 27.7 Å². The van der Waals surface area contributed by atoms with Gasteiger partial charge in [0.05, 0.1) is 32.8 Å². The smallest absolute Gasteiger partial charge is 0.143 e. The van der Waals surface area contributed by atoms with Crippen LogP contribution in [0, 0.1) is 0 Å². The topological polar surface area (TPSA) is 78.0 Å². The fourth-order valence-electron chi connectivity index (χ4n) is 2.78. The highest BCUT2D eigenvalue weighted by Crippen LogP contribution is 2.02. The first-order chi connectivity index (χ1) is 12.0. The molecule has 0 aromatic rings. The second-order valence-corrected chi connectivity index (χ2v) is 7.16. The summed E-state index contributed by atoms with van der Waals surface area (Å²) in [5, 5.41) is 0. The lowest BCUT2D eigenvalue weighted by Crippen LogP contribution is -2.46. The van der Waals surface area contributed by atoms with Crippen molar-refractivity contribution in [2.24, 2.45) is 0 Å². The van der Waals surface area contributed by atoms with E-state index in [2.05, 4.69) is 6.58 Å². The molecule has 0 saturated carbocycles. The number of Topliss-reactive ketones (excluding diaryl/α,β-unsaturated/α-hetero) is 4. The van der Waals surface area contributed by atoms with Gasteiger partial charge < -0.3 is 0 Å². The maximum atomic E-state index is 11.6. The minimum atomic E-state index is -0.00939. The fraction of sp³-hybridized carbons (Fsp3) is 0.684. The van der Waals surface area contributed by atoms with Gasteiger partial charge in [-0.1, -0.05) is 12.2 Å². The van der Waals surface area contributed by atoms with Gasteiger partial charge in [-0.3, -0.25) is 33.9 Å². The Morgan fingerprint density at radius 3 is 1.31 bits per heavy atom. The molecule has 0 unspecified atom stereocenters. The monoisotopic (exact) mass is 367 g/mol. The van der Waals surface area contributed by atoms with Crippen LogP contribution in [0.2, 0.25) is 0 Å². The molecule has 0 bridgehead atoms. The SMILES string of the molecule is C=C(C)CN(CC(C)=O)CN(CCN(CC(C)=O)CC(C)=O)CC(C)=O. The Morgan fingerprint density at radius 1 is 0.577 bits per heavy atom. The second kappa shape index (κ2) is 12.6. The van der Waals surface area contributed by atoms with E-state index in [9.17, 15) is 19.2 Å². The van der Waals surface area contributed by atoms with Gasteiger partial charge in [-0.15, -0.1) is 0 Å². The molecule has 0 spiro atoms. The van der Waals surface area contributed by atoms with Gasteiger partial charge in [0.15, 0.2) is 0 Å². The van der Waals surface area contributed by atoms with Crippen molar-refractivity contribution in [2.45, 2.75) is 34.6 Å². The highest BCUT2D eigenvalue weighted by molar-refractivity contribution is 5.80. The zero-order valence-corrected chi connectivity index (χ0v) is 16.8. The van der Waals surface area contributed by atoms with Gasteiger partial charge >= 0.3 is 0 Å². The zero-order chi connectivity index (χ0) is 20.3. The van der Waals surface area contributed by atoms with Gasteiger partial charge in [-0.2, -0.15) is 0 Å². The third kappa shape index (κ3) is 13.6. The normalized spacial score (nSPS) is 11.2. The molecule has 7 heteroatoms. The predicted octanol–water partition coefficient (Wildman–Crippen LogP) is 0.782. The molecule has 0 heterocycles. The van der Waals surface area contributed by atoms with E-state index in [0.717, 1.165) is 5.57 Å². The van der Waals surface area contributed by atoms with Crippen LogP contribution in [0.1, 0.15) is 34.6 Å². The van der Waals surface area contributed by atoms with E-state index in [1.807, 2.05) is 16.7 Å². The third-order valence-electron chi connectivity index (χ3n) is 3.41. The highest BCUT2D eigenvalue weighted by atomic mass is 16.1. The van der Waals surface area contributed by atoms with Gasteiger partial charge in [0.1, 0.15) is 23.1 Å². The Kier molecular flexibility index (Phi) is 11.8. The average molecular weight is 367 g/mol. The maximum Gasteiger partial charge on any atom is 0.143 e. The Bertz CT molecular complexity index is 499. The van der Waals surface area contributed by atoms with Crippen molar-refractivity contribution in [1.82, 2.24) is 14.7 Å². The molecule has 0 aromatic carbocycles. The molecule has 0 radical (unpaired) electrons. The van der Waals surface area contributed by atoms with E-state index in [0.29, 0.717) is 26.3 Å². The molecule has 0 fully saturated rings. The van der Waals surface area contributed by atoms with Gasteiger partial charge in [-0.05, 0) is 34.6 Å². The molecule has 0 amide bonds. The Hall–Kier alpha value is -1.70. The van der Waals surface area contributed by atoms with Crippen LogP contribution in [0.4, 0.5) is 0 Å². The first-order valence-electron chi connectivity index (χ1n) is 8.78. The number of nitrogens with zero attached hydrogens (tertiary/aromatic N) is 3.